The molecule has 0 unspecified atom stereocenters. The van der Waals surface area contributed by atoms with Gasteiger partial charge in [-0.25, -0.2) is 0 Å². The van der Waals surface area contributed by atoms with E-state index in [2.05, 4.69) is 0 Å². The smallest absolute Gasteiger partial charge is 0.353 e. The lowest BCUT2D eigenvalue weighted by atomic mass is 10.0. The number of ketones is 1. The number of ether oxygens (including phenoxy) is 2. The maximum absolute atomic E-state index is 12.6. The summed E-state index contributed by atoms with van der Waals surface area (Å²) in [7, 11) is 0. The minimum Gasteiger partial charge on any atom is -0.353 e. The lowest BCUT2D eigenvalue weighted by Crippen LogP contribution is -2.25. The van der Waals surface area contributed by atoms with Gasteiger partial charge in [-0.1, -0.05) is 12.1 Å². The summed E-state index contributed by atoms with van der Waals surface area (Å²) in [6.07, 6.45) is -3.59. The minimum atomic E-state index is -4.44. The highest BCUT2D eigenvalue weighted by Gasteiger charge is 2.30. The van der Waals surface area contributed by atoms with Crippen LogP contribution in [0.5, 0.6) is 0 Å². The Morgan fingerprint density at radius 1 is 1.25 bits per heavy atom. The maximum atomic E-state index is 12.6. The molecule has 0 atom stereocenters. The van der Waals surface area contributed by atoms with Crippen LogP contribution in [0.1, 0.15) is 35.2 Å². The van der Waals surface area contributed by atoms with Crippen LogP contribution in [0.4, 0.5) is 13.2 Å². The molecule has 1 aliphatic heterocycles. The third-order valence-corrected chi connectivity index (χ3v) is 3.02. The molecule has 1 aromatic rings. The molecule has 0 bridgehead atoms. The Labute approximate surface area is 114 Å². The van der Waals surface area contributed by atoms with E-state index >= 15 is 0 Å². The van der Waals surface area contributed by atoms with Crippen molar-refractivity contribution in [2.24, 2.45) is 0 Å². The van der Waals surface area contributed by atoms with Crippen LogP contribution in [0.25, 0.3) is 0 Å². The molecule has 1 aromatic carbocycles. The Balaban J connectivity index is 1.95. The van der Waals surface area contributed by atoms with Crippen LogP contribution in [0.15, 0.2) is 24.3 Å². The second-order valence-electron chi connectivity index (χ2n) is 4.57. The van der Waals surface area contributed by atoms with E-state index in [-0.39, 0.29) is 17.8 Å². The quantitative estimate of drug-likeness (QED) is 0.796. The number of benzene rings is 1. The molecule has 0 N–H and O–H groups in total. The molecule has 20 heavy (non-hydrogen) atoms. The Morgan fingerprint density at radius 2 is 1.95 bits per heavy atom. The van der Waals surface area contributed by atoms with Crippen LogP contribution in [0, 0.1) is 0 Å². The van der Waals surface area contributed by atoms with E-state index in [1.165, 1.54) is 12.1 Å². The van der Waals surface area contributed by atoms with Crippen molar-refractivity contribution in [1.82, 2.24) is 0 Å². The minimum absolute atomic E-state index is 0.0654. The van der Waals surface area contributed by atoms with Crippen molar-refractivity contribution in [1.29, 1.82) is 0 Å². The van der Waals surface area contributed by atoms with Crippen LogP contribution in [-0.4, -0.2) is 25.3 Å². The van der Waals surface area contributed by atoms with Crippen molar-refractivity contribution in [3.05, 3.63) is 35.4 Å². The number of halogens is 3. The molecule has 110 valence electrons. The topological polar surface area (TPSA) is 35.5 Å². The molecule has 0 aromatic heterocycles. The summed E-state index contributed by atoms with van der Waals surface area (Å²) in [4.78, 5) is 11.9. The van der Waals surface area contributed by atoms with E-state index in [1.54, 1.807) is 0 Å². The number of alkyl halides is 3. The van der Waals surface area contributed by atoms with E-state index in [0.29, 0.717) is 19.6 Å². The zero-order chi connectivity index (χ0) is 14.6. The van der Waals surface area contributed by atoms with E-state index in [0.717, 1.165) is 18.6 Å². The van der Waals surface area contributed by atoms with Crippen LogP contribution < -0.4 is 0 Å². The first-order valence-electron chi connectivity index (χ1n) is 6.40. The first-order chi connectivity index (χ1) is 9.47. The molecule has 1 heterocycles. The van der Waals surface area contributed by atoms with Crippen molar-refractivity contribution in [2.75, 3.05) is 13.2 Å². The first kappa shape index (κ1) is 15.0. The monoisotopic (exact) mass is 288 g/mol. The molecule has 0 radical (unpaired) electrons. The predicted octanol–water partition coefficient (Wildman–Crippen LogP) is 3.43. The van der Waals surface area contributed by atoms with Gasteiger partial charge in [0, 0.05) is 18.4 Å². The Kier molecular flexibility index (Phi) is 4.77. The zero-order valence-electron chi connectivity index (χ0n) is 10.8. The molecule has 0 amide bonds. The third-order valence-electron chi connectivity index (χ3n) is 3.02. The highest BCUT2D eigenvalue weighted by atomic mass is 19.4. The molecular weight excluding hydrogens is 273 g/mol. The highest BCUT2D eigenvalue weighted by Crippen LogP contribution is 2.29. The Hall–Kier alpha value is -1.40. The van der Waals surface area contributed by atoms with E-state index < -0.39 is 18.0 Å². The average Bonchev–Trinajstić information content (AvgIpc) is 2.45. The van der Waals surface area contributed by atoms with Gasteiger partial charge in [-0.05, 0) is 18.6 Å². The molecule has 1 fully saturated rings. The summed E-state index contributed by atoms with van der Waals surface area (Å²) in [5.74, 6) is -0.339. The summed E-state index contributed by atoms with van der Waals surface area (Å²) in [5, 5.41) is 0. The van der Waals surface area contributed by atoms with Gasteiger partial charge in [0.1, 0.15) is 0 Å². The maximum Gasteiger partial charge on any atom is 0.416 e. The van der Waals surface area contributed by atoms with Gasteiger partial charge in [-0.15, -0.1) is 0 Å². The molecule has 1 saturated heterocycles. The number of carbonyl (C=O) groups is 1. The number of hydrogen-bond donors (Lipinski definition) is 0. The van der Waals surface area contributed by atoms with Crippen LogP contribution in [0.3, 0.4) is 0 Å². The lowest BCUT2D eigenvalue weighted by molar-refractivity contribution is -0.180. The van der Waals surface area contributed by atoms with Gasteiger partial charge in [0.05, 0.1) is 18.8 Å². The third kappa shape index (κ3) is 4.05. The van der Waals surface area contributed by atoms with Gasteiger partial charge in [0.15, 0.2) is 12.1 Å². The SMILES string of the molecule is O=C(CCC1OCCCO1)c1cccc(C(F)(F)F)c1. The van der Waals surface area contributed by atoms with Crippen LogP contribution in [-0.2, 0) is 15.7 Å². The van der Waals surface area contributed by atoms with Gasteiger partial charge in [0.2, 0.25) is 0 Å². The van der Waals surface area contributed by atoms with Gasteiger partial charge < -0.3 is 9.47 Å². The van der Waals surface area contributed by atoms with E-state index in [4.69, 9.17) is 9.47 Å². The fraction of sp³-hybridized carbons (Fsp3) is 0.500. The van der Waals surface area contributed by atoms with Crippen molar-refractivity contribution in [3.8, 4) is 0 Å². The van der Waals surface area contributed by atoms with Crippen LogP contribution in [0.2, 0.25) is 0 Å². The standard InChI is InChI=1S/C14H15F3O3/c15-14(16,17)11-4-1-3-10(9-11)12(18)5-6-13-19-7-2-8-20-13/h1,3-4,9,13H,2,5-8H2. The second kappa shape index (κ2) is 6.37. The second-order valence-corrected chi connectivity index (χ2v) is 4.57. The number of carbonyl (C=O) groups excluding carboxylic acids is 1. The van der Waals surface area contributed by atoms with Gasteiger partial charge in [-0.3, -0.25) is 4.79 Å². The molecular formula is C14H15F3O3. The number of rotatable bonds is 4. The van der Waals surface area contributed by atoms with E-state index in [1.807, 2.05) is 0 Å². The Bertz CT molecular complexity index is 465. The van der Waals surface area contributed by atoms with Gasteiger partial charge >= 0.3 is 6.18 Å². The first-order valence-corrected chi connectivity index (χ1v) is 6.40. The molecule has 0 spiro atoms. The lowest BCUT2D eigenvalue weighted by Gasteiger charge is -2.22. The van der Waals surface area contributed by atoms with E-state index in [9.17, 15) is 18.0 Å². The number of Topliss-reactive ketones (excluding diaryl/α,β-unsaturated/α-hetero) is 1. The molecule has 0 saturated carbocycles. The summed E-state index contributed by atoms with van der Waals surface area (Å²) >= 11 is 0. The average molecular weight is 288 g/mol. The summed E-state index contributed by atoms with van der Waals surface area (Å²) in [6.45, 7) is 1.17. The van der Waals surface area contributed by atoms with Gasteiger partial charge in [-0.2, -0.15) is 13.2 Å². The van der Waals surface area contributed by atoms with Crippen molar-refractivity contribution in [3.63, 3.8) is 0 Å². The molecule has 2 rings (SSSR count). The largest absolute Gasteiger partial charge is 0.416 e. The summed E-state index contributed by atoms with van der Waals surface area (Å²) < 4.78 is 48.2. The van der Waals surface area contributed by atoms with Gasteiger partial charge in [0.25, 0.3) is 0 Å². The molecule has 3 nitrogen and oxygen atoms in total. The summed E-state index contributed by atoms with van der Waals surface area (Å²) in [5.41, 5.74) is -0.746. The fourth-order valence-electron chi connectivity index (χ4n) is 1.97. The fourth-order valence-corrected chi connectivity index (χ4v) is 1.97. The Morgan fingerprint density at radius 3 is 2.60 bits per heavy atom. The summed E-state index contributed by atoms with van der Waals surface area (Å²) in [6, 6.07) is 4.46. The predicted molar refractivity (Wildman–Crippen MR) is 65.3 cm³/mol. The molecule has 6 heteroatoms. The van der Waals surface area contributed by atoms with Crippen LogP contribution >= 0.6 is 0 Å². The molecule has 0 aliphatic carbocycles. The van der Waals surface area contributed by atoms with Crippen molar-refractivity contribution in [2.45, 2.75) is 31.7 Å². The van der Waals surface area contributed by atoms with Crippen molar-refractivity contribution >= 4 is 5.78 Å². The zero-order valence-corrected chi connectivity index (χ0v) is 10.8. The normalized spacial score (nSPS) is 17.1. The molecule has 1 aliphatic rings. The number of hydrogen-bond acceptors (Lipinski definition) is 3. The highest BCUT2D eigenvalue weighted by molar-refractivity contribution is 5.96. The van der Waals surface area contributed by atoms with Crippen molar-refractivity contribution < 1.29 is 27.4 Å².